The third-order valence-corrected chi connectivity index (χ3v) is 4.37. The number of aromatic nitrogens is 3. The molecule has 1 aromatic carbocycles. The Morgan fingerprint density at radius 2 is 2.04 bits per heavy atom. The second-order valence-corrected chi connectivity index (χ2v) is 6.40. The molecule has 3 aromatic rings. The zero-order chi connectivity index (χ0) is 19.9. The normalized spacial score (nSPS) is 11.0. The second kappa shape index (κ2) is 8.99. The van der Waals surface area contributed by atoms with Gasteiger partial charge in [0.05, 0.1) is 11.9 Å². The first-order valence-electron chi connectivity index (χ1n) is 9.28. The van der Waals surface area contributed by atoms with Gasteiger partial charge in [-0.15, -0.1) is 0 Å². The summed E-state index contributed by atoms with van der Waals surface area (Å²) in [7, 11) is 0. The minimum Gasteiger partial charge on any atom is -0.488 e. The molecule has 6 heteroatoms. The van der Waals surface area contributed by atoms with Crippen LogP contribution >= 0.6 is 0 Å². The number of anilines is 3. The van der Waals surface area contributed by atoms with Gasteiger partial charge in [-0.05, 0) is 55.7 Å². The van der Waals surface area contributed by atoms with Crippen molar-refractivity contribution in [2.75, 3.05) is 11.1 Å². The number of hydrogen-bond acceptors (Lipinski definition) is 6. The van der Waals surface area contributed by atoms with Crippen LogP contribution < -0.4 is 15.8 Å². The van der Waals surface area contributed by atoms with Gasteiger partial charge in [0.15, 0.2) is 0 Å². The molecular formula is C22H25N5O. The number of nitrogens with two attached hydrogens (primary N) is 1. The van der Waals surface area contributed by atoms with Crippen molar-refractivity contribution in [3.63, 3.8) is 0 Å². The largest absolute Gasteiger partial charge is 0.488 e. The molecule has 3 N–H and O–H groups in total. The molecule has 3 rings (SSSR count). The van der Waals surface area contributed by atoms with E-state index in [1.165, 1.54) is 0 Å². The lowest BCUT2D eigenvalue weighted by Gasteiger charge is -2.14. The van der Waals surface area contributed by atoms with E-state index in [9.17, 15) is 0 Å². The summed E-state index contributed by atoms with van der Waals surface area (Å²) in [6, 6.07) is 7.65. The average Bonchev–Trinajstić information content (AvgIpc) is 2.71. The lowest BCUT2D eigenvalue weighted by atomic mass is 10.1. The minimum absolute atomic E-state index is 0.422. The Bertz CT molecular complexity index is 984. The molecule has 0 aliphatic heterocycles. The molecule has 0 aliphatic rings. The van der Waals surface area contributed by atoms with Crippen molar-refractivity contribution in [3.05, 3.63) is 71.3 Å². The Kier molecular flexibility index (Phi) is 6.22. The van der Waals surface area contributed by atoms with Gasteiger partial charge in [-0.1, -0.05) is 19.1 Å². The minimum atomic E-state index is 0.422. The number of benzene rings is 1. The van der Waals surface area contributed by atoms with Gasteiger partial charge in [-0.3, -0.25) is 4.98 Å². The summed E-state index contributed by atoms with van der Waals surface area (Å²) >= 11 is 0. The highest BCUT2D eigenvalue weighted by Crippen LogP contribution is 2.29. The van der Waals surface area contributed by atoms with E-state index in [1.54, 1.807) is 18.6 Å². The van der Waals surface area contributed by atoms with Crippen LogP contribution in [-0.2, 0) is 13.0 Å². The summed E-state index contributed by atoms with van der Waals surface area (Å²) in [5.74, 6) is 2.18. The maximum Gasteiger partial charge on any atom is 0.150 e. The molecule has 0 bridgehead atoms. The summed E-state index contributed by atoms with van der Waals surface area (Å²) in [4.78, 5) is 13.0. The Labute approximate surface area is 165 Å². The fraction of sp³-hybridized carbons (Fsp3) is 0.227. The molecule has 144 valence electrons. The summed E-state index contributed by atoms with van der Waals surface area (Å²) < 4.78 is 6.06. The van der Waals surface area contributed by atoms with E-state index < -0.39 is 0 Å². The van der Waals surface area contributed by atoms with Gasteiger partial charge in [-0.2, -0.15) is 0 Å². The number of pyridine rings is 1. The topological polar surface area (TPSA) is 86.0 Å². The predicted octanol–water partition coefficient (Wildman–Crippen LogP) is 4.68. The molecule has 2 heterocycles. The molecule has 0 unspecified atom stereocenters. The maximum absolute atomic E-state index is 6.06. The van der Waals surface area contributed by atoms with Crippen molar-refractivity contribution >= 4 is 23.4 Å². The molecule has 0 fully saturated rings. The van der Waals surface area contributed by atoms with Crippen LogP contribution in [0.25, 0.3) is 6.08 Å². The smallest absolute Gasteiger partial charge is 0.150 e. The number of allylic oxidation sites excluding steroid dienone is 1. The van der Waals surface area contributed by atoms with E-state index in [2.05, 4.69) is 20.3 Å². The lowest BCUT2D eigenvalue weighted by molar-refractivity contribution is 0.305. The van der Waals surface area contributed by atoms with Crippen molar-refractivity contribution in [1.29, 1.82) is 0 Å². The summed E-state index contributed by atoms with van der Waals surface area (Å²) in [6.07, 6.45) is 10.0. The molecule has 0 saturated heterocycles. The van der Waals surface area contributed by atoms with Gasteiger partial charge >= 0.3 is 0 Å². The van der Waals surface area contributed by atoms with Crippen LogP contribution in [0.5, 0.6) is 5.75 Å². The van der Waals surface area contributed by atoms with Gasteiger partial charge in [0, 0.05) is 23.6 Å². The van der Waals surface area contributed by atoms with Crippen LogP contribution in [0.15, 0.2) is 48.9 Å². The maximum atomic E-state index is 6.06. The van der Waals surface area contributed by atoms with Gasteiger partial charge in [0.25, 0.3) is 0 Å². The second-order valence-electron chi connectivity index (χ2n) is 6.40. The molecular weight excluding hydrogens is 350 g/mol. The van der Waals surface area contributed by atoms with Crippen LogP contribution in [-0.4, -0.2) is 15.0 Å². The highest BCUT2D eigenvalue weighted by Gasteiger charge is 2.08. The van der Waals surface area contributed by atoms with E-state index in [1.807, 2.05) is 57.2 Å². The molecule has 6 nitrogen and oxygen atoms in total. The fourth-order valence-corrected chi connectivity index (χ4v) is 2.78. The third-order valence-electron chi connectivity index (χ3n) is 4.37. The van der Waals surface area contributed by atoms with E-state index in [4.69, 9.17) is 10.5 Å². The number of hydrogen-bond donors (Lipinski definition) is 2. The monoisotopic (exact) mass is 375 g/mol. The first-order chi connectivity index (χ1) is 13.6. The van der Waals surface area contributed by atoms with Crippen molar-refractivity contribution < 1.29 is 4.74 Å². The summed E-state index contributed by atoms with van der Waals surface area (Å²) in [6.45, 7) is 6.44. The zero-order valence-corrected chi connectivity index (χ0v) is 16.4. The first kappa shape index (κ1) is 19.4. The number of aryl methyl sites for hydroxylation is 1. The zero-order valence-electron chi connectivity index (χ0n) is 16.4. The third kappa shape index (κ3) is 4.65. The molecule has 0 aliphatic carbocycles. The van der Waals surface area contributed by atoms with E-state index in [0.29, 0.717) is 18.2 Å². The molecule has 2 aromatic heterocycles. The number of rotatable bonds is 7. The van der Waals surface area contributed by atoms with Crippen LogP contribution in [0.2, 0.25) is 0 Å². The summed E-state index contributed by atoms with van der Waals surface area (Å²) in [5.41, 5.74) is 10.7. The van der Waals surface area contributed by atoms with Gasteiger partial charge in [-0.25, -0.2) is 9.97 Å². The van der Waals surface area contributed by atoms with Crippen molar-refractivity contribution in [1.82, 2.24) is 15.0 Å². The molecule has 0 atom stereocenters. The number of ether oxygens (including phenoxy) is 1. The van der Waals surface area contributed by atoms with Gasteiger partial charge in [0.2, 0.25) is 0 Å². The van der Waals surface area contributed by atoms with Gasteiger partial charge in [0.1, 0.15) is 24.0 Å². The Balaban J connectivity index is 1.74. The molecule has 0 saturated carbocycles. The number of nitrogen functional groups attached to an aromatic ring is 1. The van der Waals surface area contributed by atoms with Crippen molar-refractivity contribution in [3.8, 4) is 5.75 Å². The number of nitrogens with one attached hydrogen (secondary N) is 1. The Morgan fingerprint density at radius 3 is 2.82 bits per heavy atom. The van der Waals surface area contributed by atoms with E-state index in [0.717, 1.165) is 40.2 Å². The lowest BCUT2D eigenvalue weighted by Crippen LogP contribution is -2.02. The molecule has 0 radical (unpaired) electrons. The molecule has 28 heavy (non-hydrogen) atoms. The highest BCUT2D eigenvalue weighted by atomic mass is 16.5. The van der Waals surface area contributed by atoms with Crippen molar-refractivity contribution in [2.24, 2.45) is 0 Å². The predicted molar refractivity (Wildman–Crippen MR) is 114 cm³/mol. The van der Waals surface area contributed by atoms with Crippen molar-refractivity contribution in [2.45, 2.75) is 33.8 Å². The van der Waals surface area contributed by atoms with Crippen LogP contribution in [0, 0.1) is 6.92 Å². The first-order valence-corrected chi connectivity index (χ1v) is 9.28. The molecule has 0 spiro atoms. The van der Waals surface area contributed by atoms with E-state index >= 15 is 0 Å². The Morgan fingerprint density at radius 1 is 1.18 bits per heavy atom. The number of nitrogens with zero attached hydrogens (tertiary/aromatic N) is 3. The SMILES string of the molecule is C/C=C\c1c(OCc2ccnc(Nc3cncc(CC)n3)c2)ccc(N)c1C. The standard InChI is InChI=1S/C22H25N5O/c1-4-6-18-15(3)19(23)7-8-20(18)28-14-16-9-10-25-21(11-16)27-22-13-24-12-17(5-2)26-22/h4,6-13H,5,14,23H2,1-3H3,(H,25,26,27)/b6-4-. The van der Waals surface area contributed by atoms with Gasteiger partial charge < -0.3 is 15.8 Å². The van der Waals surface area contributed by atoms with Crippen LogP contribution in [0.1, 0.15) is 36.2 Å². The average molecular weight is 375 g/mol. The van der Waals surface area contributed by atoms with E-state index in [-0.39, 0.29) is 0 Å². The highest BCUT2D eigenvalue weighted by molar-refractivity contribution is 5.68. The molecule has 0 amide bonds. The van der Waals surface area contributed by atoms with Crippen LogP contribution in [0.4, 0.5) is 17.3 Å². The fourth-order valence-electron chi connectivity index (χ4n) is 2.78. The quantitative estimate of drug-likeness (QED) is 0.583. The van der Waals surface area contributed by atoms with Crippen LogP contribution in [0.3, 0.4) is 0 Å². The Hall–Kier alpha value is -3.41. The summed E-state index contributed by atoms with van der Waals surface area (Å²) in [5, 5.41) is 3.20.